The number of hydrogen-bond acceptors (Lipinski definition) is 4. The lowest BCUT2D eigenvalue weighted by Gasteiger charge is -2.05. The summed E-state index contributed by atoms with van der Waals surface area (Å²) in [7, 11) is 0. The van der Waals surface area contributed by atoms with Gasteiger partial charge in [0, 0.05) is 17.5 Å². The van der Waals surface area contributed by atoms with Crippen LogP contribution in [0, 0.1) is 5.92 Å². The van der Waals surface area contributed by atoms with Crippen molar-refractivity contribution in [1.29, 1.82) is 0 Å². The molecule has 1 fully saturated rings. The Bertz CT molecular complexity index is 709. The van der Waals surface area contributed by atoms with E-state index in [4.69, 9.17) is 11.6 Å². The molecule has 3 rings (SSSR count). The average molecular weight is 334 g/mol. The van der Waals surface area contributed by atoms with Crippen molar-refractivity contribution in [2.24, 2.45) is 5.92 Å². The topological polar surface area (TPSA) is 88.9 Å². The molecule has 7 nitrogen and oxygen atoms in total. The van der Waals surface area contributed by atoms with Crippen molar-refractivity contribution in [3.05, 3.63) is 41.0 Å². The minimum absolute atomic E-state index is 0.0377. The first-order valence-corrected chi connectivity index (χ1v) is 7.70. The van der Waals surface area contributed by atoms with Gasteiger partial charge in [-0.1, -0.05) is 28.9 Å². The molecule has 23 heavy (non-hydrogen) atoms. The van der Waals surface area contributed by atoms with Crippen molar-refractivity contribution in [2.75, 3.05) is 5.32 Å². The molecular weight excluding hydrogens is 318 g/mol. The van der Waals surface area contributed by atoms with Crippen LogP contribution in [0.15, 0.2) is 30.5 Å². The van der Waals surface area contributed by atoms with Gasteiger partial charge in [0.15, 0.2) is 5.82 Å². The highest BCUT2D eigenvalue weighted by atomic mass is 35.5. The summed E-state index contributed by atoms with van der Waals surface area (Å²) in [5, 5.41) is 13.8. The standard InChI is InChI=1S/C15H16ClN5O2/c16-12-5-1-10(2-6-12)7-17-14(22)9-21-8-13(19-20-21)18-15(23)11-3-4-11/h1-2,5-6,8,11H,3-4,7,9H2,(H,17,22)(H,18,23). The number of halogens is 1. The van der Waals surface area contributed by atoms with Crippen LogP contribution < -0.4 is 10.6 Å². The summed E-state index contributed by atoms with van der Waals surface area (Å²) in [6, 6.07) is 7.25. The van der Waals surface area contributed by atoms with Gasteiger partial charge in [0.25, 0.3) is 0 Å². The van der Waals surface area contributed by atoms with Crippen LogP contribution in [0.25, 0.3) is 0 Å². The number of nitrogens with one attached hydrogen (secondary N) is 2. The van der Waals surface area contributed by atoms with Crippen LogP contribution in [0.2, 0.25) is 5.02 Å². The number of aromatic nitrogens is 3. The maximum atomic E-state index is 11.9. The molecule has 0 bridgehead atoms. The number of carbonyl (C=O) groups is 2. The van der Waals surface area contributed by atoms with E-state index in [1.807, 2.05) is 12.1 Å². The fourth-order valence-electron chi connectivity index (χ4n) is 2.01. The van der Waals surface area contributed by atoms with E-state index < -0.39 is 0 Å². The average Bonchev–Trinajstić information content (AvgIpc) is 3.30. The number of anilines is 1. The fourth-order valence-corrected chi connectivity index (χ4v) is 2.14. The molecule has 0 spiro atoms. The van der Waals surface area contributed by atoms with Crippen molar-refractivity contribution in [2.45, 2.75) is 25.9 Å². The number of hydrogen-bond donors (Lipinski definition) is 2. The molecule has 0 saturated heterocycles. The van der Waals surface area contributed by atoms with E-state index in [-0.39, 0.29) is 24.3 Å². The molecule has 1 heterocycles. The van der Waals surface area contributed by atoms with Gasteiger partial charge in [-0.3, -0.25) is 9.59 Å². The minimum Gasteiger partial charge on any atom is -0.350 e. The number of carbonyl (C=O) groups excluding carboxylic acids is 2. The van der Waals surface area contributed by atoms with Crippen LogP contribution in [0.5, 0.6) is 0 Å². The van der Waals surface area contributed by atoms with Crippen molar-refractivity contribution in [1.82, 2.24) is 20.3 Å². The Balaban J connectivity index is 1.46. The lowest BCUT2D eigenvalue weighted by Crippen LogP contribution is -2.27. The Morgan fingerprint density at radius 1 is 1.26 bits per heavy atom. The summed E-state index contributed by atoms with van der Waals surface area (Å²) in [5.41, 5.74) is 0.957. The zero-order valence-electron chi connectivity index (χ0n) is 12.3. The van der Waals surface area contributed by atoms with E-state index in [0.717, 1.165) is 18.4 Å². The second-order valence-electron chi connectivity index (χ2n) is 5.47. The molecule has 1 aliphatic carbocycles. The molecule has 1 aliphatic rings. The van der Waals surface area contributed by atoms with Crippen molar-refractivity contribution >= 4 is 29.2 Å². The molecule has 1 aromatic carbocycles. The number of amides is 2. The molecule has 1 aromatic heterocycles. The zero-order chi connectivity index (χ0) is 16.2. The molecule has 120 valence electrons. The van der Waals surface area contributed by atoms with Gasteiger partial charge in [-0.05, 0) is 30.5 Å². The lowest BCUT2D eigenvalue weighted by atomic mass is 10.2. The van der Waals surface area contributed by atoms with Crippen molar-refractivity contribution in [3.8, 4) is 0 Å². The van der Waals surface area contributed by atoms with Crippen LogP contribution in [-0.2, 0) is 22.7 Å². The summed E-state index contributed by atoms with van der Waals surface area (Å²) >= 11 is 5.81. The van der Waals surface area contributed by atoms with Gasteiger partial charge < -0.3 is 10.6 Å². The van der Waals surface area contributed by atoms with Crippen LogP contribution >= 0.6 is 11.6 Å². The number of rotatable bonds is 6. The van der Waals surface area contributed by atoms with Gasteiger partial charge in [-0.15, -0.1) is 5.10 Å². The predicted octanol–water partition coefficient (Wildman–Crippen LogP) is 1.60. The van der Waals surface area contributed by atoms with E-state index in [1.54, 1.807) is 18.3 Å². The van der Waals surface area contributed by atoms with Crippen LogP contribution in [0.3, 0.4) is 0 Å². The van der Waals surface area contributed by atoms with Crippen molar-refractivity contribution in [3.63, 3.8) is 0 Å². The Kier molecular flexibility index (Phi) is 4.57. The summed E-state index contributed by atoms with van der Waals surface area (Å²) in [6.07, 6.45) is 3.39. The molecule has 0 radical (unpaired) electrons. The molecule has 2 aromatic rings. The maximum absolute atomic E-state index is 11.9. The number of nitrogens with zero attached hydrogens (tertiary/aromatic N) is 3. The van der Waals surface area contributed by atoms with E-state index in [0.29, 0.717) is 17.4 Å². The SMILES string of the molecule is O=C(Cn1cc(NC(=O)C2CC2)nn1)NCc1ccc(Cl)cc1. The molecule has 8 heteroatoms. The summed E-state index contributed by atoms with van der Waals surface area (Å²) in [4.78, 5) is 23.5. The largest absolute Gasteiger partial charge is 0.350 e. The second kappa shape index (κ2) is 6.78. The Labute approximate surface area is 138 Å². The van der Waals surface area contributed by atoms with Gasteiger partial charge in [0.1, 0.15) is 6.54 Å². The van der Waals surface area contributed by atoms with E-state index in [2.05, 4.69) is 20.9 Å². The molecule has 0 aliphatic heterocycles. The molecule has 2 amide bonds. The predicted molar refractivity (Wildman–Crippen MR) is 84.7 cm³/mol. The normalized spacial score (nSPS) is 13.6. The highest BCUT2D eigenvalue weighted by Gasteiger charge is 2.30. The van der Waals surface area contributed by atoms with Gasteiger partial charge in [-0.2, -0.15) is 0 Å². The molecule has 2 N–H and O–H groups in total. The summed E-state index contributed by atoms with van der Waals surface area (Å²) in [5.74, 6) is 0.240. The van der Waals surface area contributed by atoms with Gasteiger partial charge >= 0.3 is 0 Å². The minimum atomic E-state index is -0.190. The Morgan fingerprint density at radius 3 is 2.70 bits per heavy atom. The monoisotopic (exact) mass is 333 g/mol. The van der Waals surface area contributed by atoms with Crippen LogP contribution in [0.1, 0.15) is 18.4 Å². The molecule has 0 unspecified atom stereocenters. The first-order chi connectivity index (χ1) is 11.1. The first kappa shape index (κ1) is 15.5. The fraction of sp³-hybridized carbons (Fsp3) is 0.333. The van der Waals surface area contributed by atoms with Crippen LogP contribution in [0.4, 0.5) is 5.82 Å². The zero-order valence-corrected chi connectivity index (χ0v) is 13.1. The Morgan fingerprint density at radius 2 is 2.00 bits per heavy atom. The highest BCUT2D eigenvalue weighted by Crippen LogP contribution is 2.29. The van der Waals surface area contributed by atoms with Gasteiger partial charge in [0.05, 0.1) is 6.20 Å². The van der Waals surface area contributed by atoms with E-state index in [9.17, 15) is 9.59 Å². The maximum Gasteiger partial charge on any atom is 0.242 e. The Hall–Kier alpha value is -2.41. The molecular formula is C15H16ClN5O2. The molecule has 0 atom stereocenters. The second-order valence-corrected chi connectivity index (χ2v) is 5.90. The number of benzene rings is 1. The lowest BCUT2D eigenvalue weighted by molar-refractivity contribution is -0.122. The third kappa shape index (κ3) is 4.53. The molecule has 1 saturated carbocycles. The highest BCUT2D eigenvalue weighted by molar-refractivity contribution is 6.30. The third-order valence-corrected chi connectivity index (χ3v) is 3.70. The smallest absolute Gasteiger partial charge is 0.242 e. The summed E-state index contributed by atoms with van der Waals surface area (Å²) in [6.45, 7) is 0.454. The van der Waals surface area contributed by atoms with Gasteiger partial charge in [0.2, 0.25) is 11.8 Å². The summed E-state index contributed by atoms with van der Waals surface area (Å²) < 4.78 is 1.39. The quantitative estimate of drug-likeness (QED) is 0.840. The van der Waals surface area contributed by atoms with Crippen molar-refractivity contribution < 1.29 is 9.59 Å². The first-order valence-electron chi connectivity index (χ1n) is 7.32. The van der Waals surface area contributed by atoms with E-state index in [1.165, 1.54) is 4.68 Å². The van der Waals surface area contributed by atoms with E-state index >= 15 is 0 Å². The third-order valence-electron chi connectivity index (χ3n) is 3.45. The van der Waals surface area contributed by atoms with Crippen LogP contribution in [-0.4, -0.2) is 26.8 Å². The van der Waals surface area contributed by atoms with Gasteiger partial charge in [-0.25, -0.2) is 4.68 Å².